The molecule has 0 spiro atoms. The smallest absolute Gasteiger partial charge is 0.243 e. The van der Waals surface area contributed by atoms with Crippen LogP contribution in [-0.4, -0.2) is 31.7 Å². The second kappa shape index (κ2) is 7.97. The van der Waals surface area contributed by atoms with Gasteiger partial charge >= 0.3 is 0 Å². The van der Waals surface area contributed by atoms with E-state index in [4.69, 9.17) is 0 Å². The molecule has 0 unspecified atom stereocenters. The number of amides is 1. The Morgan fingerprint density at radius 2 is 1.68 bits per heavy atom. The molecule has 2 aromatic carbocycles. The number of benzene rings is 2. The summed E-state index contributed by atoms with van der Waals surface area (Å²) in [7, 11) is -3.65. The first kappa shape index (κ1) is 20.4. The number of para-hydroxylation sites is 1. The van der Waals surface area contributed by atoms with Crippen molar-refractivity contribution in [2.75, 3.05) is 18.4 Å². The summed E-state index contributed by atoms with van der Waals surface area (Å²) in [4.78, 5) is 12.6. The van der Waals surface area contributed by atoms with E-state index in [1.807, 2.05) is 13.0 Å². The van der Waals surface area contributed by atoms with Crippen molar-refractivity contribution in [2.45, 2.75) is 31.6 Å². The van der Waals surface area contributed by atoms with Gasteiger partial charge in [0, 0.05) is 19.0 Å². The summed E-state index contributed by atoms with van der Waals surface area (Å²) >= 11 is 0. The van der Waals surface area contributed by atoms with E-state index in [9.17, 15) is 22.0 Å². The number of piperidine rings is 1. The van der Waals surface area contributed by atoms with Crippen LogP contribution in [0.25, 0.3) is 0 Å². The fourth-order valence-electron chi connectivity index (χ4n) is 3.43. The second-order valence-electron chi connectivity index (χ2n) is 7.03. The number of rotatable bonds is 4. The zero-order chi connectivity index (χ0) is 20.5. The highest BCUT2D eigenvalue weighted by Gasteiger charge is 2.33. The van der Waals surface area contributed by atoms with E-state index in [1.54, 1.807) is 19.1 Å². The van der Waals surface area contributed by atoms with Crippen LogP contribution >= 0.6 is 0 Å². The highest BCUT2D eigenvalue weighted by atomic mass is 32.2. The summed E-state index contributed by atoms with van der Waals surface area (Å²) in [6.45, 7) is 4.00. The molecular formula is C20H22F2N2O3S. The topological polar surface area (TPSA) is 66.5 Å². The molecule has 8 heteroatoms. The third-order valence-electron chi connectivity index (χ3n) is 4.98. The molecule has 1 N–H and O–H groups in total. The van der Waals surface area contributed by atoms with Crippen molar-refractivity contribution < 1.29 is 22.0 Å². The summed E-state index contributed by atoms with van der Waals surface area (Å²) in [5.74, 6) is -2.71. The Kier molecular flexibility index (Phi) is 5.81. The van der Waals surface area contributed by atoms with Crippen molar-refractivity contribution in [3.63, 3.8) is 0 Å². The third kappa shape index (κ3) is 4.07. The van der Waals surface area contributed by atoms with Crippen molar-refractivity contribution in [2.24, 2.45) is 5.92 Å². The van der Waals surface area contributed by atoms with Crippen molar-refractivity contribution in [3.8, 4) is 0 Å². The minimum Gasteiger partial charge on any atom is -0.321 e. The van der Waals surface area contributed by atoms with Gasteiger partial charge in [0.05, 0.1) is 4.90 Å². The van der Waals surface area contributed by atoms with Crippen LogP contribution in [0.5, 0.6) is 0 Å². The first-order valence-corrected chi connectivity index (χ1v) is 10.5. The first-order valence-electron chi connectivity index (χ1n) is 9.02. The second-order valence-corrected chi connectivity index (χ2v) is 8.94. The number of nitrogens with one attached hydrogen (secondary N) is 1. The molecule has 5 nitrogen and oxygen atoms in total. The lowest BCUT2D eigenvalue weighted by Crippen LogP contribution is -2.41. The number of sulfonamides is 1. The van der Waals surface area contributed by atoms with E-state index in [-0.39, 0.29) is 30.8 Å². The summed E-state index contributed by atoms with van der Waals surface area (Å²) in [6, 6.07) is 8.52. The molecule has 0 aromatic heterocycles. The number of anilines is 1. The van der Waals surface area contributed by atoms with Gasteiger partial charge in [-0.25, -0.2) is 17.2 Å². The van der Waals surface area contributed by atoms with Crippen LogP contribution in [-0.2, 0) is 14.8 Å². The maximum Gasteiger partial charge on any atom is 0.243 e. The number of aryl methyl sites for hydroxylation is 2. The van der Waals surface area contributed by atoms with Crippen molar-refractivity contribution in [3.05, 3.63) is 59.2 Å². The molecule has 3 rings (SSSR count). The minimum absolute atomic E-state index is 0.174. The van der Waals surface area contributed by atoms with Crippen LogP contribution in [0.2, 0.25) is 0 Å². The molecule has 2 aromatic rings. The normalized spacial score (nSPS) is 16.1. The molecule has 150 valence electrons. The Hall–Kier alpha value is -2.32. The van der Waals surface area contributed by atoms with Crippen LogP contribution in [0.1, 0.15) is 24.0 Å². The molecule has 0 bridgehead atoms. The Morgan fingerprint density at radius 3 is 2.25 bits per heavy atom. The van der Waals surface area contributed by atoms with Crippen LogP contribution in [0.15, 0.2) is 41.3 Å². The van der Waals surface area contributed by atoms with E-state index in [0.717, 1.165) is 17.7 Å². The Morgan fingerprint density at radius 1 is 1.07 bits per heavy atom. The van der Waals surface area contributed by atoms with E-state index in [1.165, 1.54) is 10.4 Å². The molecule has 0 saturated carbocycles. The maximum atomic E-state index is 13.7. The summed E-state index contributed by atoms with van der Waals surface area (Å²) < 4.78 is 54.6. The number of halogens is 2. The van der Waals surface area contributed by atoms with E-state index < -0.39 is 39.2 Å². The molecular weight excluding hydrogens is 386 g/mol. The molecule has 1 saturated heterocycles. The van der Waals surface area contributed by atoms with Gasteiger partial charge in [-0.1, -0.05) is 23.8 Å². The molecule has 0 aliphatic carbocycles. The molecule has 1 amide bonds. The van der Waals surface area contributed by atoms with Crippen molar-refractivity contribution >= 4 is 21.6 Å². The molecule has 1 fully saturated rings. The first-order chi connectivity index (χ1) is 13.2. The van der Waals surface area contributed by atoms with E-state index >= 15 is 0 Å². The van der Waals surface area contributed by atoms with Gasteiger partial charge in [-0.05, 0) is 50.5 Å². The van der Waals surface area contributed by atoms with Gasteiger partial charge < -0.3 is 5.32 Å². The summed E-state index contributed by atoms with van der Waals surface area (Å²) in [5.41, 5.74) is 1.18. The number of hydrogen-bond donors (Lipinski definition) is 1. The average Bonchev–Trinajstić information content (AvgIpc) is 2.64. The molecule has 1 heterocycles. The van der Waals surface area contributed by atoms with Gasteiger partial charge in [-0.3, -0.25) is 4.79 Å². The SMILES string of the molecule is Cc1ccc(S(=O)(=O)N2CCC(C(=O)Nc3c(F)cccc3F)CC2)c(C)c1. The number of carbonyl (C=O) groups is 1. The van der Waals surface area contributed by atoms with Gasteiger partial charge in [0.15, 0.2) is 0 Å². The lowest BCUT2D eigenvalue weighted by molar-refractivity contribution is -0.121. The number of nitrogens with zero attached hydrogens (tertiary/aromatic N) is 1. The van der Waals surface area contributed by atoms with Gasteiger partial charge in [0.25, 0.3) is 0 Å². The molecule has 28 heavy (non-hydrogen) atoms. The minimum atomic E-state index is -3.65. The van der Waals surface area contributed by atoms with Gasteiger partial charge in [0.1, 0.15) is 17.3 Å². The van der Waals surface area contributed by atoms with Gasteiger partial charge in [0.2, 0.25) is 15.9 Å². The number of hydrogen-bond acceptors (Lipinski definition) is 3. The van der Waals surface area contributed by atoms with E-state index in [2.05, 4.69) is 5.32 Å². The summed E-state index contributed by atoms with van der Waals surface area (Å²) in [5, 5.41) is 2.29. The molecule has 0 radical (unpaired) electrons. The van der Waals surface area contributed by atoms with Gasteiger partial charge in [-0.2, -0.15) is 4.31 Å². The van der Waals surface area contributed by atoms with Crippen molar-refractivity contribution in [1.29, 1.82) is 0 Å². The standard InChI is InChI=1S/C20H22F2N2O3S/c1-13-6-7-18(14(2)12-13)28(26,27)24-10-8-15(9-11-24)20(25)23-19-16(21)4-3-5-17(19)22/h3-7,12,15H,8-11H2,1-2H3,(H,23,25). The molecule has 1 aliphatic heterocycles. The highest BCUT2D eigenvalue weighted by molar-refractivity contribution is 7.89. The van der Waals surface area contributed by atoms with Crippen molar-refractivity contribution in [1.82, 2.24) is 4.31 Å². The zero-order valence-electron chi connectivity index (χ0n) is 15.7. The Labute approximate surface area is 163 Å². The van der Waals surface area contributed by atoms with Crippen LogP contribution < -0.4 is 5.32 Å². The molecule has 0 atom stereocenters. The van der Waals surface area contributed by atoms with E-state index in [0.29, 0.717) is 5.56 Å². The maximum absolute atomic E-state index is 13.7. The largest absolute Gasteiger partial charge is 0.321 e. The highest BCUT2D eigenvalue weighted by Crippen LogP contribution is 2.27. The monoisotopic (exact) mass is 408 g/mol. The fourth-order valence-corrected chi connectivity index (χ4v) is 5.10. The predicted octanol–water partition coefficient (Wildman–Crippen LogP) is 3.62. The Balaban J connectivity index is 1.68. The number of carbonyl (C=O) groups excluding carboxylic acids is 1. The van der Waals surface area contributed by atoms with Crippen LogP contribution in [0.4, 0.5) is 14.5 Å². The molecule has 1 aliphatic rings. The lowest BCUT2D eigenvalue weighted by Gasteiger charge is -2.31. The quantitative estimate of drug-likeness (QED) is 0.840. The van der Waals surface area contributed by atoms with Crippen LogP contribution in [0.3, 0.4) is 0 Å². The lowest BCUT2D eigenvalue weighted by atomic mass is 9.97. The average molecular weight is 408 g/mol. The summed E-state index contributed by atoms with van der Waals surface area (Å²) in [6.07, 6.45) is 0.568. The van der Waals surface area contributed by atoms with Gasteiger partial charge in [-0.15, -0.1) is 0 Å². The zero-order valence-corrected chi connectivity index (χ0v) is 16.5. The third-order valence-corrected chi connectivity index (χ3v) is 7.04. The predicted molar refractivity (Wildman–Crippen MR) is 102 cm³/mol. The Bertz CT molecular complexity index is 980. The van der Waals surface area contributed by atoms with Crippen LogP contribution in [0, 0.1) is 31.4 Å². The fraction of sp³-hybridized carbons (Fsp3) is 0.350.